The Labute approximate surface area is 116 Å². The summed E-state index contributed by atoms with van der Waals surface area (Å²) in [5.74, 6) is 1.11. The molecule has 98 valence electrons. The van der Waals surface area contributed by atoms with E-state index in [-0.39, 0.29) is 5.82 Å². The smallest absolute Gasteiger partial charge is 0.157 e. The lowest BCUT2D eigenvalue weighted by molar-refractivity contribution is 0.409. The van der Waals surface area contributed by atoms with Crippen LogP contribution in [-0.4, -0.2) is 18.5 Å². The van der Waals surface area contributed by atoms with Crippen LogP contribution >= 0.6 is 11.5 Å². The molecule has 19 heavy (non-hydrogen) atoms. The summed E-state index contributed by atoms with van der Waals surface area (Å²) < 4.78 is 9.33. The van der Waals surface area contributed by atoms with Crippen LogP contribution in [0.15, 0.2) is 24.3 Å². The molecule has 0 atom stereocenters. The number of aromatic nitrogens is 1. The number of benzene rings is 1. The molecule has 0 amide bonds. The fourth-order valence-corrected chi connectivity index (χ4v) is 2.54. The molecule has 1 aromatic carbocycles. The molecule has 1 aromatic heterocycles. The number of nitrogens with two attached hydrogens (primary N) is 1. The molecule has 6 heteroatoms. The highest BCUT2D eigenvalue weighted by Crippen LogP contribution is 2.31. The Morgan fingerprint density at radius 3 is 2.89 bits per heavy atom. The number of nitrogens with zero attached hydrogens (tertiary/aromatic N) is 3. The summed E-state index contributed by atoms with van der Waals surface area (Å²) in [5, 5.41) is 9.86. The molecular formula is C13H14N4OS. The molecule has 0 saturated carbocycles. The summed E-state index contributed by atoms with van der Waals surface area (Å²) in [7, 11) is 3.55. The van der Waals surface area contributed by atoms with Crippen molar-refractivity contribution in [3.05, 3.63) is 35.4 Å². The predicted octanol–water partition coefficient (Wildman–Crippen LogP) is 2.24. The zero-order valence-electron chi connectivity index (χ0n) is 10.8. The van der Waals surface area contributed by atoms with Crippen LogP contribution in [0.2, 0.25) is 0 Å². The molecule has 0 aliphatic carbocycles. The van der Waals surface area contributed by atoms with E-state index >= 15 is 0 Å². The van der Waals surface area contributed by atoms with Crippen molar-refractivity contribution in [2.45, 2.75) is 6.54 Å². The van der Waals surface area contributed by atoms with E-state index in [1.165, 1.54) is 11.5 Å². The van der Waals surface area contributed by atoms with Gasteiger partial charge in [-0.25, -0.2) is 0 Å². The molecule has 0 bridgehead atoms. The fraction of sp³-hybridized carbons (Fsp3) is 0.231. The zero-order valence-corrected chi connectivity index (χ0v) is 11.6. The lowest BCUT2D eigenvalue weighted by atomic mass is 10.2. The van der Waals surface area contributed by atoms with E-state index in [2.05, 4.69) is 10.4 Å². The van der Waals surface area contributed by atoms with E-state index in [4.69, 9.17) is 15.7 Å². The predicted molar refractivity (Wildman–Crippen MR) is 76.3 cm³/mol. The van der Waals surface area contributed by atoms with Crippen molar-refractivity contribution in [2.75, 3.05) is 24.8 Å². The first-order valence-corrected chi connectivity index (χ1v) is 6.43. The molecule has 2 rings (SSSR count). The van der Waals surface area contributed by atoms with Crippen LogP contribution in [0, 0.1) is 11.3 Å². The van der Waals surface area contributed by atoms with E-state index in [1.807, 2.05) is 36.2 Å². The number of rotatable bonds is 4. The number of methoxy groups -OCH3 is 1. The Hall–Kier alpha value is -2.26. The molecule has 0 saturated heterocycles. The van der Waals surface area contributed by atoms with E-state index in [0.717, 1.165) is 16.3 Å². The summed E-state index contributed by atoms with van der Waals surface area (Å²) in [6.45, 7) is 0.625. The fourth-order valence-electron chi connectivity index (χ4n) is 1.82. The number of ether oxygens (including phenoxy) is 1. The first kappa shape index (κ1) is 13.2. The van der Waals surface area contributed by atoms with E-state index < -0.39 is 0 Å². The van der Waals surface area contributed by atoms with E-state index in [0.29, 0.717) is 12.1 Å². The highest BCUT2D eigenvalue weighted by molar-refractivity contribution is 7.10. The first-order valence-electron chi connectivity index (χ1n) is 5.65. The van der Waals surface area contributed by atoms with E-state index in [1.54, 1.807) is 7.11 Å². The number of nitriles is 1. The largest absolute Gasteiger partial charge is 0.496 e. The second-order valence-electron chi connectivity index (χ2n) is 4.03. The maximum absolute atomic E-state index is 9.09. The Bertz CT molecular complexity index is 617. The molecule has 5 nitrogen and oxygen atoms in total. The summed E-state index contributed by atoms with van der Waals surface area (Å²) in [4.78, 5) is 1.95. The molecule has 0 aliphatic heterocycles. The van der Waals surface area contributed by atoms with Gasteiger partial charge in [0.15, 0.2) is 5.82 Å². The average molecular weight is 274 g/mol. The molecule has 0 fully saturated rings. The van der Waals surface area contributed by atoms with Gasteiger partial charge in [0.2, 0.25) is 0 Å². The SMILES string of the molecule is COc1ccccc1CN(C)c1snc(N)c1C#N. The maximum Gasteiger partial charge on any atom is 0.157 e. The van der Waals surface area contributed by atoms with Gasteiger partial charge >= 0.3 is 0 Å². The maximum atomic E-state index is 9.09. The van der Waals surface area contributed by atoms with Crippen LogP contribution < -0.4 is 15.4 Å². The standard InChI is InChI=1S/C13H14N4OS/c1-17(13-10(7-14)12(15)16-19-13)8-9-5-3-4-6-11(9)18-2/h3-6H,8H2,1-2H3,(H2,15,16). The summed E-state index contributed by atoms with van der Waals surface area (Å²) >= 11 is 1.23. The second-order valence-corrected chi connectivity index (χ2v) is 4.78. The monoisotopic (exact) mass is 274 g/mol. The average Bonchev–Trinajstić information content (AvgIpc) is 2.80. The molecule has 0 spiro atoms. The van der Waals surface area contributed by atoms with Gasteiger partial charge in [0, 0.05) is 19.2 Å². The Morgan fingerprint density at radius 2 is 2.21 bits per heavy atom. The van der Waals surface area contributed by atoms with Crippen molar-refractivity contribution in [1.29, 1.82) is 5.26 Å². The van der Waals surface area contributed by atoms with Gasteiger partial charge in [-0.05, 0) is 17.6 Å². The van der Waals surface area contributed by atoms with Crippen LogP contribution in [0.4, 0.5) is 10.8 Å². The third-order valence-corrected chi connectivity index (χ3v) is 3.74. The minimum absolute atomic E-state index is 0.286. The number of anilines is 2. The zero-order chi connectivity index (χ0) is 13.8. The molecule has 2 aromatic rings. The van der Waals surface area contributed by atoms with Crippen LogP contribution in [-0.2, 0) is 6.54 Å². The lowest BCUT2D eigenvalue weighted by Crippen LogP contribution is -2.16. The van der Waals surface area contributed by atoms with Crippen molar-refractivity contribution in [1.82, 2.24) is 4.37 Å². The number of para-hydroxylation sites is 1. The lowest BCUT2D eigenvalue weighted by Gasteiger charge is -2.18. The topological polar surface area (TPSA) is 75.2 Å². The van der Waals surface area contributed by atoms with Crippen molar-refractivity contribution in [3.63, 3.8) is 0 Å². The molecule has 0 aliphatic rings. The highest BCUT2D eigenvalue weighted by atomic mass is 32.1. The Kier molecular flexibility index (Phi) is 3.88. The van der Waals surface area contributed by atoms with Gasteiger partial charge in [-0.1, -0.05) is 18.2 Å². The molecule has 0 unspecified atom stereocenters. The van der Waals surface area contributed by atoms with Crippen LogP contribution in [0.1, 0.15) is 11.1 Å². The quantitative estimate of drug-likeness (QED) is 0.925. The van der Waals surface area contributed by atoms with Gasteiger partial charge in [0.1, 0.15) is 22.4 Å². The summed E-state index contributed by atoms with van der Waals surface area (Å²) in [6.07, 6.45) is 0. The van der Waals surface area contributed by atoms with Gasteiger partial charge in [-0.3, -0.25) is 0 Å². The van der Waals surface area contributed by atoms with Crippen LogP contribution in [0.25, 0.3) is 0 Å². The molecule has 1 heterocycles. The van der Waals surface area contributed by atoms with Gasteiger partial charge in [-0.2, -0.15) is 9.64 Å². The Balaban J connectivity index is 2.26. The first-order chi connectivity index (χ1) is 9.17. The third kappa shape index (κ3) is 2.61. The van der Waals surface area contributed by atoms with Gasteiger partial charge in [-0.15, -0.1) is 0 Å². The molecule has 0 radical (unpaired) electrons. The third-order valence-electron chi connectivity index (χ3n) is 2.76. The van der Waals surface area contributed by atoms with Crippen molar-refractivity contribution < 1.29 is 4.74 Å². The summed E-state index contributed by atoms with van der Waals surface area (Å²) in [6, 6.07) is 9.87. The number of hydrogen-bond acceptors (Lipinski definition) is 6. The van der Waals surface area contributed by atoms with Gasteiger partial charge in [0.25, 0.3) is 0 Å². The van der Waals surface area contributed by atoms with Crippen LogP contribution in [0.5, 0.6) is 5.75 Å². The van der Waals surface area contributed by atoms with Crippen molar-refractivity contribution >= 4 is 22.4 Å². The van der Waals surface area contributed by atoms with Gasteiger partial charge < -0.3 is 15.4 Å². The second kappa shape index (κ2) is 5.59. The molecular weight excluding hydrogens is 260 g/mol. The van der Waals surface area contributed by atoms with Gasteiger partial charge in [0.05, 0.1) is 7.11 Å². The molecule has 2 N–H and O–H groups in total. The minimum atomic E-state index is 0.286. The normalized spacial score (nSPS) is 9.95. The van der Waals surface area contributed by atoms with Crippen LogP contribution in [0.3, 0.4) is 0 Å². The summed E-state index contributed by atoms with van der Waals surface area (Å²) in [5.41, 5.74) is 7.14. The highest BCUT2D eigenvalue weighted by Gasteiger charge is 2.16. The number of hydrogen-bond donors (Lipinski definition) is 1. The van der Waals surface area contributed by atoms with E-state index in [9.17, 15) is 0 Å². The van der Waals surface area contributed by atoms with Crippen molar-refractivity contribution in [2.24, 2.45) is 0 Å². The minimum Gasteiger partial charge on any atom is -0.496 e. The number of nitrogen functional groups attached to an aromatic ring is 1. The Morgan fingerprint density at radius 1 is 1.47 bits per heavy atom. The van der Waals surface area contributed by atoms with Crippen molar-refractivity contribution in [3.8, 4) is 11.8 Å².